The lowest BCUT2D eigenvalue weighted by atomic mass is 9.87. The van der Waals surface area contributed by atoms with Crippen molar-refractivity contribution in [3.63, 3.8) is 0 Å². The van der Waals surface area contributed by atoms with Crippen molar-refractivity contribution < 1.29 is 33.8 Å². The van der Waals surface area contributed by atoms with Gasteiger partial charge in [-0.2, -0.15) is 0 Å². The van der Waals surface area contributed by atoms with Crippen LogP contribution in [0.2, 0.25) is 0 Å². The molecule has 254 valence electrons. The molecule has 3 aromatic carbocycles. The highest BCUT2D eigenvalue weighted by Crippen LogP contribution is 2.54. The first-order valence-electron chi connectivity index (χ1n) is 16.8. The topological polar surface area (TPSA) is 160 Å². The SMILES string of the molecule is CC(O)c1ncc(Oc2ccc(C3(c4ccc(O[C@H]5C[C@H](Nc6ccc7c(c6)C(=O)N(C6CCC(=O)NC6=O)C7=O)C5)cc4)CC3)cc2)cn1. The molecule has 3 fully saturated rings. The fourth-order valence-electron chi connectivity index (χ4n) is 7.06. The maximum atomic E-state index is 13.2. The molecule has 2 saturated carbocycles. The molecule has 12 nitrogen and oxygen atoms in total. The molecule has 1 saturated heterocycles. The van der Waals surface area contributed by atoms with Crippen molar-refractivity contribution in [1.82, 2.24) is 20.2 Å². The summed E-state index contributed by atoms with van der Waals surface area (Å²) in [7, 11) is 0. The second-order valence-corrected chi connectivity index (χ2v) is 13.4. The van der Waals surface area contributed by atoms with Crippen LogP contribution in [-0.2, 0) is 15.0 Å². The zero-order chi connectivity index (χ0) is 34.6. The predicted octanol–water partition coefficient (Wildman–Crippen LogP) is 4.83. The fraction of sp³-hybridized carbons (Fsp3) is 0.316. The number of imide groups is 2. The van der Waals surface area contributed by atoms with Crippen molar-refractivity contribution in [2.45, 2.75) is 75.2 Å². The van der Waals surface area contributed by atoms with Gasteiger partial charge in [0, 0.05) is 36.4 Å². The predicted molar refractivity (Wildman–Crippen MR) is 180 cm³/mol. The van der Waals surface area contributed by atoms with Gasteiger partial charge in [0.15, 0.2) is 11.6 Å². The molecule has 0 radical (unpaired) electrons. The quantitative estimate of drug-likeness (QED) is 0.199. The zero-order valence-corrected chi connectivity index (χ0v) is 27.3. The van der Waals surface area contributed by atoms with Gasteiger partial charge in [0.2, 0.25) is 11.8 Å². The highest BCUT2D eigenvalue weighted by Gasteiger charge is 2.46. The molecule has 2 aliphatic heterocycles. The summed E-state index contributed by atoms with van der Waals surface area (Å²) in [5, 5.41) is 15.3. The Bertz CT molecular complexity index is 1990. The number of nitrogens with one attached hydrogen (secondary N) is 2. The third kappa shape index (κ3) is 5.85. The van der Waals surface area contributed by atoms with Crippen molar-refractivity contribution in [3.8, 4) is 17.2 Å². The van der Waals surface area contributed by atoms with Crippen LogP contribution in [-0.4, -0.2) is 61.8 Å². The normalized spacial score (nSPS) is 22.7. The van der Waals surface area contributed by atoms with Crippen LogP contribution >= 0.6 is 0 Å². The highest BCUT2D eigenvalue weighted by molar-refractivity contribution is 6.23. The van der Waals surface area contributed by atoms with Gasteiger partial charge in [-0.25, -0.2) is 9.97 Å². The van der Waals surface area contributed by atoms with E-state index in [1.165, 1.54) is 11.1 Å². The molecule has 2 atom stereocenters. The van der Waals surface area contributed by atoms with Crippen LogP contribution in [0.15, 0.2) is 79.1 Å². The first-order valence-corrected chi connectivity index (χ1v) is 16.8. The Balaban J connectivity index is 0.839. The van der Waals surface area contributed by atoms with Gasteiger partial charge in [0.05, 0.1) is 23.5 Å². The van der Waals surface area contributed by atoms with Gasteiger partial charge in [-0.1, -0.05) is 24.3 Å². The molecular formula is C38H35N5O7. The van der Waals surface area contributed by atoms with E-state index in [2.05, 4.69) is 44.9 Å². The van der Waals surface area contributed by atoms with Gasteiger partial charge >= 0.3 is 0 Å². The summed E-state index contributed by atoms with van der Waals surface area (Å²) >= 11 is 0. The second kappa shape index (κ2) is 12.4. The molecule has 2 unspecified atom stereocenters. The zero-order valence-electron chi connectivity index (χ0n) is 27.3. The van der Waals surface area contributed by atoms with E-state index in [-0.39, 0.29) is 41.5 Å². The van der Waals surface area contributed by atoms with Crippen molar-refractivity contribution in [2.24, 2.45) is 0 Å². The number of carbonyl (C=O) groups excluding carboxylic acids is 4. The Hall–Kier alpha value is -5.62. The van der Waals surface area contributed by atoms with Crippen LogP contribution in [0.5, 0.6) is 17.2 Å². The van der Waals surface area contributed by atoms with E-state index < -0.39 is 35.8 Å². The van der Waals surface area contributed by atoms with Gasteiger partial charge in [0.1, 0.15) is 29.7 Å². The number of fused-ring (bicyclic) bond motifs is 1. The number of anilines is 1. The molecular weight excluding hydrogens is 638 g/mol. The number of aliphatic hydroxyl groups is 1. The van der Waals surface area contributed by atoms with Crippen LogP contribution in [0.1, 0.15) is 89.2 Å². The monoisotopic (exact) mass is 673 g/mol. The Labute approximate surface area is 287 Å². The van der Waals surface area contributed by atoms with Crippen LogP contribution in [0, 0.1) is 0 Å². The smallest absolute Gasteiger partial charge is 0.262 e. The van der Waals surface area contributed by atoms with E-state index in [4.69, 9.17) is 9.47 Å². The minimum absolute atomic E-state index is 0.0225. The number of ether oxygens (including phenoxy) is 2. The summed E-state index contributed by atoms with van der Waals surface area (Å²) in [5.74, 6) is 0.295. The Morgan fingerprint density at radius 3 is 2.12 bits per heavy atom. The molecule has 4 aliphatic rings. The summed E-state index contributed by atoms with van der Waals surface area (Å²) in [5.41, 5.74) is 3.69. The van der Waals surface area contributed by atoms with Crippen LogP contribution in [0.3, 0.4) is 0 Å². The summed E-state index contributed by atoms with van der Waals surface area (Å²) in [6.45, 7) is 1.62. The number of nitrogens with zero attached hydrogens (tertiary/aromatic N) is 3. The molecule has 3 N–H and O–H groups in total. The molecule has 50 heavy (non-hydrogen) atoms. The minimum atomic E-state index is -0.985. The molecule has 0 bridgehead atoms. The molecule has 4 amide bonds. The van der Waals surface area contributed by atoms with E-state index in [1.54, 1.807) is 37.5 Å². The van der Waals surface area contributed by atoms with Gasteiger partial charge < -0.3 is 19.9 Å². The molecule has 8 rings (SSSR count). The van der Waals surface area contributed by atoms with Gasteiger partial charge in [-0.05, 0) is 79.8 Å². The van der Waals surface area contributed by atoms with Gasteiger partial charge in [-0.3, -0.25) is 29.4 Å². The third-order valence-electron chi connectivity index (χ3n) is 10.0. The fourth-order valence-corrected chi connectivity index (χ4v) is 7.06. The van der Waals surface area contributed by atoms with Crippen LogP contribution in [0.4, 0.5) is 5.69 Å². The number of amides is 4. The van der Waals surface area contributed by atoms with E-state index in [0.29, 0.717) is 17.3 Å². The number of hydrogen-bond acceptors (Lipinski definition) is 10. The van der Waals surface area contributed by atoms with E-state index in [9.17, 15) is 24.3 Å². The molecule has 0 spiro atoms. The Morgan fingerprint density at radius 2 is 1.50 bits per heavy atom. The number of rotatable bonds is 10. The summed E-state index contributed by atoms with van der Waals surface area (Å²) in [6, 6.07) is 20.7. The number of piperidine rings is 1. The van der Waals surface area contributed by atoms with Crippen molar-refractivity contribution in [1.29, 1.82) is 0 Å². The largest absolute Gasteiger partial charge is 0.490 e. The van der Waals surface area contributed by atoms with Crippen LogP contribution < -0.4 is 20.1 Å². The molecule has 1 aromatic heterocycles. The maximum absolute atomic E-state index is 13.2. The first kappa shape index (κ1) is 31.6. The van der Waals surface area contributed by atoms with Crippen molar-refractivity contribution >= 4 is 29.3 Å². The number of aliphatic hydroxyl groups excluding tert-OH is 1. The molecule has 3 heterocycles. The lowest BCUT2D eigenvalue weighted by Gasteiger charge is -2.36. The number of aromatic nitrogens is 2. The van der Waals surface area contributed by atoms with Gasteiger partial charge in [-0.15, -0.1) is 0 Å². The Kier molecular flexibility index (Phi) is 7.82. The second-order valence-electron chi connectivity index (χ2n) is 13.4. The average Bonchev–Trinajstić information content (AvgIpc) is 3.87. The molecule has 12 heteroatoms. The summed E-state index contributed by atoms with van der Waals surface area (Å²) < 4.78 is 12.2. The highest BCUT2D eigenvalue weighted by atomic mass is 16.5. The van der Waals surface area contributed by atoms with E-state index >= 15 is 0 Å². The number of carbonyl (C=O) groups is 4. The van der Waals surface area contributed by atoms with Crippen molar-refractivity contribution in [3.05, 3.63) is 107 Å². The van der Waals surface area contributed by atoms with Gasteiger partial charge in [0.25, 0.3) is 11.8 Å². The van der Waals surface area contributed by atoms with E-state index in [0.717, 1.165) is 42.0 Å². The standard InChI is InChI=1S/C38H35N5O7/c1-21(44)34-39-19-29(20-40-34)50-27-9-4-23(5-10-27)38(14-15-38)22-2-7-26(8-3-22)49-28-16-25(17-28)41-24-6-11-30-31(18-24)37(48)43(36(30)47)32-12-13-33(45)42-35(32)46/h2-11,18-21,25,28,32,41,44H,12-17H2,1H3,(H,42,45,46)/t21?,25-,28-,32?. The third-order valence-corrected chi connectivity index (χ3v) is 10.0. The molecule has 2 aliphatic carbocycles. The Morgan fingerprint density at radius 1 is 0.860 bits per heavy atom. The number of benzene rings is 3. The average molecular weight is 674 g/mol. The minimum Gasteiger partial charge on any atom is -0.490 e. The lowest BCUT2D eigenvalue weighted by molar-refractivity contribution is -0.136. The summed E-state index contributed by atoms with van der Waals surface area (Å²) in [6.07, 6.45) is 6.32. The summed E-state index contributed by atoms with van der Waals surface area (Å²) in [4.78, 5) is 59.3. The number of hydrogen-bond donors (Lipinski definition) is 3. The molecule has 4 aromatic rings. The van der Waals surface area contributed by atoms with E-state index in [1.807, 2.05) is 24.3 Å². The maximum Gasteiger partial charge on any atom is 0.262 e. The van der Waals surface area contributed by atoms with Crippen LogP contribution in [0.25, 0.3) is 0 Å². The lowest BCUT2D eigenvalue weighted by Crippen LogP contribution is -2.54. The van der Waals surface area contributed by atoms with Crippen molar-refractivity contribution in [2.75, 3.05) is 5.32 Å². The first-order chi connectivity index (χ1) is 24.2.